The van der Waals surface area contributed by atoms with Crippen LogP contribution in [-0.2, 0) is 0 Å². The van der Waals surface area contributed by atoms with Crippen LogP contribution in [0.1, 0.15) is 19.8 Å². The molecule has 0 spiro atoms. The van der Waals surface area contributed by atoms with E-state index in [0.717, 1.165) is 24.5 Å². The van der Waals surface area contributed by atoms with E-state index in [1.165, 1.54) is 38.2 Å². The molecule has 4 nitrogen and oxygen atoms in total. The molecule has 0 bridgehead atoms. The zero-order valence-corrected chi connectivity index (χ0v) is 12.8. The highest BCUT2D eigenvalue weighted by molar-refractivity contribution is 5.60. The average molecular weight is 284 g/mol. The maximum atomic E-state index is 4.29. The molecule has 2 aromatic rings. The van der Waals surface area contributed by atoms with Gasteiger partial charge in [0.1, 0.15) is 5.82 Å². The summed E-state index contributed by atoms with van der Waals surface area (Å²) in [7, 11) is 0. The molecule has 1 saturated heterocycles. The topological polar surface area (TPSA) is 35.2 Å². The van der Waals surface area contributed by atoms with Gasteiger partial charge in [-0.25, -0.2) is 4.98 Å². The molecule has 1 fully saturated rings. The van der Waals surface area contributed by atoms with Crippen molar-refractivity contribution in [2.75, 3.05) is 37.6 Å². The molecule has 1 aliphatic rings. The van der Waals surface area contributed by atoms with Crippen molar-refractivity contribution in [1.82, 2.24) is 14.9 Å². The maximum absolute atomic E-state index is 4.29. The fraction of sp³-hybridized carbons (Fsp3) is 0.471. The number of unbranched alkanes of at least 4 members (excludes halogenated alkanes) is 1. The normalized spacial score (nSPS) is 16.3. The van der Waals surface area contributed by atoms with Crippen LogP contribution in [0.5, 0.6) is 0 Å². The summed E-state index contributed by atoms with van der Waals surface area (Å²) in [5, 5.41) is 0. The third-order valence-electron chi connectivity index (χ3n) is 4.20. The Morgan fingerprint density at radius 2 is 1.86 bits per heavy atom. The Labute approximate surface area is 126 Å². The Kier molecular flexibility index (Phi) is 4.55. The number of imidazole rings is 1. The summed E-state index contributed by atoms with van der Waals surface area (Å²) in [4.78, 5) is 12.5. The summed E-state index contributed by atoms with van der Waals surface area (Å²) in [5.74, 6) is 0.936. The minimum Gasteiger partial charge on any atom is -0.369 e. The molecule has 112 valence electrons. The van der Waals surface area contributed by atoms with Gasteiger partial charge in [-0.05, 0) is 37.2 Å². The van der Waals surface area contributed by atoms with Crippen LogP contribution in [0.2, 0.25) is 0 Å². The van der Waals surface area contributed by atoms with E-state index >= 15 is 0 Å². The number of aromatic amines is 1. The number of nitrogens with zero attached hydrogens (tertiary/aromatic N) is 3. The summed E-state index contributed by atoms with van der Waals surface area (Å²) >= 11 is 0. The Morgan fingerprint density at radius 3 is 2.48 bits per heavy atom. The third kappa shape index (κ3) is 3.45. The zero-order chi connectivity index (χ0) is 14.5. The molecule has 1 aromatic carbocycles. The highest BCUT2D eigenvalue weighted by Crippen LogP contribution is 2.21. The monoisotopic (exact) mass is 284 g/mol. The van der Waals surface area contributed by atoms with E-state index in [-0.39, 0.29) is 0 Å². The number of nitrogens with one attached hydrogen (secondary N) is 1. The number of hydrogen-bond acceptors (Lipinski definition) is 3. The van der Waals surface area contributed by atoms with Crippen LogP contribution in [-0.4, -0.2) is 47.6 Å². The first-order valence-corrected chi connectivity index (χ1v) is 7.94. The van der Waals surface area contributed by atoms with Gasteiger partial charge in [0.2, 0.25) is 0 Å². The van der Waals surface area contributed by atoms with Gasteiger partial charge < -0.3 is 9.88 Å². The first kappa shape index (κ1) is 14.1. The smallest absolute Gasteiger partial charge is 0.137 e. The number of H-pyrrole nitrogens is 1. The molecule has 0 atom stereocenters. The fourth-order valence-electron chi connectivity index (χ4n) is 2.86. The number of aromatic nitrogens is 2. The summed E-state index contributed by atoms with van der Waals surface area (Å²) in [5.41, 5.74) is 2.46. The number of anilines is 1. The molecule has 0 saturated carbocycles. The molecule has 1 aliphatic heterocycles. The van der Waals surface area contributed by atoms with Crippen molar-refractivity contribution in [1.29, 1.82) is 0 Å². The first-order valence-electron chi connectivity index (χ1n) is 7.94. The number of piperazine rings is 1. The Balaban J connectivity index is 1.58. The van der Waals surface area contributed by atoms with Crippen LogP contribution in [0.15, 0.2) is 36.7 Å². The Hall–Kier alpha value is -1.81. The van der Waals surface area contributed by atoms with Gasteiger partial charge in [0.25, 0.3) is 0 Å². The first-order chi connectivity index (χ1) is 10.4. The van der Waals surface area contributed by atoms with Crippen LogP contribution in [0.4, 0.5) is 5.69 Å². The molecule has 0 amide bonds. The predicted molar refractivity (Wildman–Crippen MR) is 87.6 cm³/mol. The summed E-state index contributed by atoms with van der Waals surface area (Å²) < 4.78 is 0. The van der Waals surface area contributed by atoms with E-state index in [2.05, 4.69) is 51.0 Å². The molecule has 21 heavy (non-hydrogen) atoms. The van der Waals surface area contributed by atoms with Gasteiger partial charge in [-0.15, -0.1) is 0 Å². The van der Waals surface area contributed by atoms with Gasteiger partial charge in [0.15, 0.2) is 0 Å². The molecule has 0 aliphatic carbocycles. The standard InChI is InChI=1S/C17H24N4/c1-2-3-10-20-11-13-21(14-12-20)16-6-4-15(5-7-16)17-18-8-9-19-17/h4-9H,2-3,10-14H2,1H3,(H,18,19). The quantitative estimate of drug-likeness (QED) is 0.916. The molecule has 2 heterocycles. The van der Waals surface area contributed by atoms with Gasteiger partial charge in [-0.1, -0.05) is 13.3 Å². The minimum absolute atomic E-state index is 0.936. The Morgan fingerprint density at radius 1 is 1.10 bits per heavy atom. The maximum Gasteiger partial charge on any atom is 0.137 e. The second-order valence-corrected chi connectivity index (χ2v) is 5.67. The van der Waals surface area contributed by atoms with Gasteiger partial charge >= 0.3 is 0 Å². The number of benzene rings is 1. The van der Waals surface area contributed by atoms with Crippen molar-refractivity contribution < 1.29 is 0 Å². The predicted octanol–water partition coefficient (Wildman–Crippen LogP) is 3.00. The molecule has 3 rings (SSSR count). The van der Waals surface area contributed by atoms with Gasteiger partial charge in [-0.2, -0.15) is 0 Å². The third-order valence-corrected chi connectivity index (χ3v) is 4.20. The highest BCUT2D eigenvalue weighted by Gasteiger charge is 2.16. The van der Waals surface area contributed by atoms with Crippen molar-refractivity contribution >= 4 is 5.69 Å². The van der Waals surface area contributed by atoms with Crippen LogP contribution in [0.3, 0.4) is 0 Å². The van der Waals surface area contributed by atoms with Gasteiger partial charge in [-0.3, -0.25) is 4.90 Å². The average Bonchev–Trinajstić information content (AvgIpc) is 3.08. The van der Waals surface area contributed by atoms with Gasteiger partial charge in [0, 0.05) is 49.8 Å². The van der Waals surface area contributed by atoms with E-state index in [4.69, 9.17) is 0 Å². The number of rotatable bonds is 5. The van der Waals surface area contributed by atoms with Crippen LogP contribution in [0, 0.1) is 0 Å². The molecule has 0 radical (unpaired) electrons. The van der Waals surface area contributed by atoms with E-state index < -0.39 is 0 Å². The van der Waals surface area contributed by atoms with Crippen LogP contribution < -0.4 is 4.90 Å². The lowest BCUT2D eigenvalue weighted by atomic mass is 10.1. The lowest BCUT2D eigenvalue weighted by Crippen LogP contribution is -2.46. The fourth-order valence-corrected chi connectivity index (χ4v) is 2.86. The minimum atomic E-state index is 0.936. The van der Waals surface area contributed by atoms with E-state index in [1.54, 1.807) is 6.20 Å². The van der Waals surface area contributed by atoms with E-state index in [0.29, 0.717) is 0 Å². The van der Waals surface area contributed by atoms with Crippen molar-refractivity contribution in [2.24, 2.45) is 0 Å². The van der Waals surface area contributed by atoms with Crippen molar-refractivity contribution in [3.8, 4) is 11.4 Å². The zero-order valence-electron chi connectivity index (χ0n) is 12.8. The largest absolute Gasteiger partial charge is 0.369 e. The van der Waals surface area contributed by atoms with Gasteiger partial charge in [0.05, 0.1) is 0 Å². The molecule has 1 aromatic heterocycles. The van der Waals surface area contributed by atoms with Crippen molar-refractivity contribution in [3.05, 3.63) is 36.7 Å². The lowest BCUT2D eigenvalue weighted by Gasteiger charge is -2.36. The SMILES string of the molecule is CCCCN1CCN(c2ccc(-c3ncc[nH]3)cc2)CC1. The van der Waals surface area contributed by atoms with E-state index in [1.807, 2.05) is 6.20 Å². The second-order valence-electron chi connectivity index (χ2n) is 5.67. The lowest BCUT2D eigenvalue weighted by molar-refractivity contribution is 0.254. The molecule has 4 heteroatoms. The van der Waals surface area contributed by atoms with Crippen LogP contribution in [0.25, 0.3) is 11.4 Å². The molecular formula is C17H24N4. The van der Waals surface area contributed by atoms with Crippen molar-refractivity contribution in [2.45, 2.75) is 19.8 Å². The highest BCUT2D eigenvalue weighted by atomic mass is 15.3. The summed E-state index contributed by atoms with van der Waals surface area (Å²) in [6.45, 7) is 8.13. The second kappa shape index (κ2) is 6.76. The number of hydrogen-bond donors (Lipinski definition) is 1. The molecule has 1 N–H and O–H groups in total. The summed E-state index contributed by atoms with van der Waals surface area (Å²) in [6, 6.07) is 8.72. The van der Waals surface area contributed by atoms with Crippen LogP contribution >= 0.6 is 0 Å². The van der Waals surface area contributed by atoms with E-state index in [9.17, 15) is 0 Å². The Bertz CT molecular complexity index is 524. The molecular weight excluding hydrogens is 260 g/mol. The van der Waals surface area contributed by atoms with Crippen molar-refractivity contribution in [3.63, 3.8) is 0 Å². The summed E-state index contributed by atoms with van der Waals surface area (Å²) in [6.07, 6.45) is 6.25. The molecule has 0 unspecified atom stereocenters.